The highest BCUT2D eigenvalue weighted by molar-refractivity contribution is 8.00. The van der Waals surface area contributed by atoms with Gasteiger partial charge in [0.05, 0.1) is 16.2 Å². The fourth-order valence-electron chi connectivity index (χ4n) is 2.40. The Morgan fingerprint density at radius 3 is 2.78 bits per heavy atom. The fourth-order valence-corrected chi connectivity index (χ4v) is 4.27. The molecular weight excluding hydrogens is 382 g/mol. The number of rotatable bonds is 6. The standard InChI is InChI=1S/C19H21N3O3S2/c1-4-15-9-12(2)16(25-15)11-26-17-10-20-18(27-17)21-19(24)22(3)13-5-7-14(23)8-6-13/h5-10,23H,4,11H2,1-3H3,(H,20,21,24). The lowest BCUT2D eigenvalue weighted by molar-refractivity contribution is 0.258. The van der Waals surface area contributed by atoms with Gasteiger partial charge in [-0.3, -0.25) is 10.2 Å². The van der Waals surface area contributed by atoms with Crippen molar-refractivity contribution in [1.29, 1.82) is 0 Å². The molecule has 3 aromatic rings. The Morgan fingerprint density at radius 1 is 1.37 bits per heavy atom. The zero-order valence-corrected chi connectivity index (χ0v) is 17.0. The van der Waals surface area contributed by atoms with E-state index in [9.17, 15) is 9.90 Å². The Kier molecular flexibility index (Phi) is 6.08. The van der Waals surface area contributed by atoms with Crippen LogP contribution < -0.4 is 10.2 Å². The summed E-state index contributed by atoms with van der Waals surface area (Å²) in [7, 11) is 1.66. The summed E-state index contributed by atoms with van der Waals surface area (Å²) in [5, 5.41) is 12.7. The first-order valence-electron chi connectivity index (χ1n) is 8.46. The first kappa shape index (κ1) is 19.3. The first-order valence-corrected chi connectivity index (χ1v) is 10.3. The van der Waals surface area contributed by atoms with Gasteiger partial charge >= 0.3 is 6.03 Å². The summed E-state index contributed by atoms with van der Waals surface area (Å²) < 4.78 is 6.82. The number of aromatic nitrogens is 1. The van der Waals surface area contributed by atoms with Gasteiger partial charge < -0.3 is 9.52 Å². The molecule has 0 spiro atoms. The van der Waals surface area contributed by atoms with Crippen molar-refractivity contribution in [2.45, 2.75) is 30.2 Å². The number of hydrogen-bond donors (Lipinski definition) is 2. The molecule has 27 heavy (non-hydrogen) atoms. The summed E-state index contributed by atoms with van der Waals surface area (Å²) in [6, 6.07) is 8.21. The van der Waals surface area contributed by atoms with Gasteiger partial charge in [0.1, 0.15) is 17.3 Å². The minimum absolute atomic E-state index is 0.159. The van der Waals surface area contributed by atoms with Crippen molar-refractivity contribution in [3.05, 3.63) is 53.6 Å². The number of phenols is 1. The molecule has 8 heteroatoms. The molecule has 0 saturated carbocycles. The molecule has 0 atom stereocenters. The molecule has 0 aliphatic heterocycles. The Morgan fingerprint density at radius 2 is 2.11 bits per heavy atom. The van der Waals surface area contributed by atoms with Gasteiger partial charge in [0, 0.05) is 19.2 Å². The Balaban J connectivity index is 1.57. The second-order valence-electron chi connectivity index (χ2n) is 5.95. The van der Waals surface area contributed by atoms with E-state index in [1.807, 2.05) is 0 Å². The predicted octanol–water partition coefficient (Wildman–Crippen LogP) is 5.27. The second kappa shape index (κ2) is 8.49. The number of aryl methyl sites for hydroxylation is 2. The number of phenolic OH excluding ortho intramolecular Hbond substituents is 1. The number of aromatic hydroxyl groups is 1. The van der Waals surface area contributed by atoms with Gasteiger partial charge in [0.15, 0.2) is 5.13 Å². The SMILES string of the molecule is CCc1cc(C)c(CSc2cnc(NC(=O)N(C)c3ccc(O)cc3)s2)o1. The molecule has 0 fully saturated rings. The van der Waals surface area contributed by atoms with E-state index in [4.69, 9.17) is 4.42 Å². The lowest BCUT2D eigenvalue weighted by Crippen LogP contribution is -2.30. The number of amides is 2. The monoisotopic (exact) mass is 403 g/mol. The van der Waals surface area contributed by atoms with E-state index >= 15 is 0 Å². The number of carbonyl (C=O) groups is 1. The van der Waals surface area contributed by atoms with E-state index in [1.54, 1.807) is 37.1 Å². The third-order valence-electron chi connectivity index (χ3n) is 4.01. The van der Waals surface area contributed by atoms with Crippen molar-refractivity contribution in [2.75, 3.05) is 17.3 Å². The number of benzene rings is 1. The maximum atomic E-state index is 12.4. The number of nitrogens with one attached hydrogen (secondary N) is 1. The van der Waals surface area contributed by atoms with Crippen LogP contribution in [0.1, 0.15) is 24.0 Å². The predicted molar refractivity (Wildman–Crippen MR) is 110 cm³/mol. The second-order valence-corrected chi connectivity index (χ2v) is 8.26. The fraction of sp³-hybridized carbons (Fsp3) is 0.263. The summed E-state index contributed by atoms with van der Waals surface area (Å²) in [4.78, 5) is 18.1. The maximum Gasteiger partial charge on any atom is 0.327 e. The highest BCUT2D eigenvalue weighted by atomic mass is 32.2. The number of carbonyl (C=O) groups excluding carboxylic acids is 1. The molecule has 2 aromatic heterocycles. The van der Waals surface area contributed by atoms with Crippen LogP contribution in [0, 0.1) is 6.92 Å². The van der Waals surface area contributed by atoms with Crippen molar-refractivity contribution in [2.24, 2.45) is 0 Å². The lowest BCUT2D eigenvalue weighted by atomic mass is 10.2. The third kappa shape index (κ3) is 4.84. The quantitative estimate of drug-likeness (QED) is 0.548. The summed E-state index contributed by atoms with van der Waals surface area (Å²) in [6.45, 7) is 4.12. The smallest absolute Gasteiger partial charge is 0.327 e. The number of urea groups is 1. The molecule has 3 rings (SSSR count). The van der Waals surface area contributed by atoms with Crippen LogP contribution in [0.15, 0.2) is 45.2 Å². The lowest BCUT2D eigenvalue weighted by Gasteiger charge is -2.17. The van der Waals surface area contributed by atoms with Crippen molar-refractivity contribution in [3.63, 3.8) is 0 Å². The normalized spacial score (nSPS) is 10.8. The number of thiazole rings is 1. The van der Waals surface area contributed by atoms with Crippen LogP contribution in [-0.4, -0.2) is 23.2 Å². The van der Waals surface area contributed by atoms with E-state index in [0.29, 0.717) is 10.8 Å². The van der Waals surface area contributed by atoms with Crippen molar-refractivity contribution >= 4 is 39.9 Å². The summed E-state index contributed by atoms with van der Waals surface area (Å²) in [5.74, 6) is 2.86. The van der Waals surface area contributed by atoms with Crippen molar-refractivity contribution in [1.82, 2.24) is 4.98 Å². The number of anilines is 2. The molecule has 1 aromatic carbocycles. The van der Waals surface area contributed by atoms with Crippen LogP contribution in [0.2, 0.25) is 0 Å². The zero-order valence-electron chi connectivity index (χ0n) is 15.4. The van der Waals surface area contributed by atoms with Gasteiger partial charge in [-0.25, -0.2) is 9.78 Å². The van der Waals surface area contributed by atoms with Crippen LogP contribution in [-0.2, 0) is 12.2 Å². The molecule has 0 unspecified atom stereocenters. The molecule has 0 radical (unpaired) electrons. The highest BCUT2D eigenvalue weighted by Gasteiger charge is 2.14. The molecule has 142 valence electrons. The molecule has 0 aliphatic rings. The molecule has 0 saturated heterocycles. The highest BCUT2D eigenvalue weighted by Crippen LogP contribution is 2.32. The van der Waals surface area contributed by atoms with Crippen LogP contribution in [0.5, 0.6) is 5.75 Å². The topological polar surface area (TPSA) is 78.6 Å². The maximum absolute atomic E-state index is 12.4. The molecule has 6 nitrogen and oxygen atoms in total. The van der Waals surface area contributed by atoms with Gasteiger partial charge in [-0.2, -0.15) is 0 Å². The number of nitrogens with zero attached hydrogens (tertiary/aromatic N) is 2. The Labute approximate surface area is 166 Å². The van der Waals surface area contributed by atoms with Crippen molar-refractivity contribution < 1.29 is 14.3 Å². The summed E-state index contributed by atoms with van der Waals surface area (Å²) >= 11 is 3.06. The minimum Gasteiger partial charge on any atom is -0.508 e. The molecular formula is C19H21N3O3S2. The average molecular weight is 404 g/mol. The van der Waals surface area contributed by atoms with Gasteiger partial charge in [0.2, 0.25) is 0 Å². The van der Waals surface area contributed by atoms with Crippen LogP contribution in [0.3, 0.4) is 0 Å². The molecule has 2 N–H and O–H groups in total. The number of furan rings is 1. The van der Waals surface area contributed by atoms with Gasteiger partial charge in [0.25, 0.3) is 0 Å². The van der Waals surface area contributed by atoms with Gasteiger partial charge in [-0.15, -0.1) is 11.8 Å². The largest absolute Gasteiger partial charge is 0.508 e. The Bertz CT molecular complexity index is 919. The van der Waals surface area contributed by atoms with Crippen LogP contribution in [0.4, 0.5) is 15.6 Å². The van der Waals surface area contributed by atoms with E-state index in [0.717, 1.165) is 33.5 Å². The van der Waals surface area contributed by atoms with Crippen molar-refractivity contribution in [3.8, 4) is 5.75 Å². The van der Waals surface area contributed by atoms with E-state index < -0.39 is 0 Å². The number of thioether (sulfide) groups is 1. The van der Waals surface area contributed by atoms with Crippen LogP contribution >= 0.6 is 23.1 Å². The van der Waals surface area contributed by atoms with Gasteiger partial charge in [-0.05, 0) is 42.8 Å². The van der Waals surface area contributed by atoms with E-state index in [-0.39, 0.29) is 11.8 Å². The van der Waals surface area contributed by atoms with Crippen LogP contribution in [0.25, 0.3) is 0 Å². The minimum atomic E-state index is -0.291. The zero-order chi connectivity index (χ0) is 19.4. The molecule has 0 bridgehead atoms. The summed E-state index contributed by atoms with van der Waals surface area (Å²) in [6.07, 6.45) is 2.64. The van der Waals surface area contributed by atoms with Gasteiger partial charge in [-0.1, -0.05) is 18.3 Å². The van der Waals surface area contributed by atoms with E-state index in [1.165, 1.54) is 28.4 Å². The third-order valence-corrected chi connectivity index (χ3v) is 6.11. The molecule has 2 heterocycles. The first-order chi connectivity index (χ1) is 13.0. The Hall–Kier alpha value is -2.45. The van der Waals surface area contributed by atoms with E-state index in [2.05, 4.69) is 30.2 Å². The summed E-state index contributed by atoms with van der Waals surface area (Å²) in [5.41, 5.74) is 1.84. The molecule has 0 aliphatic carbocycles. The average Bonchev–Trinajstić information content (AvgIpc) is 3.26. The number of hydrogen-bond acceptors (Lipinski definition) is 6. The molecule has 2 amide bonds.